The van der Waals surface area contributed by atoms with Gasteiger partial charge in [-0.25, -0.2) is 0 Å². The van der Waals surface area contributed by atoms with E-state index in [2.05, 4.69) is 4.74 Å². The van der Waals surface area contributed by atoms with Crippen LogP contribution in [0.4, 0.5) is 28.9 Å². The van der Waals surface area contributed by atoms with Crippen LogP contribution in [0.3, 0.4) is 0 Å². The Labute approximate surface area is 202 Å². The summed E-state index contributed by atoms with van der Waals surface area (Å²) in [6, 6.07) is 4.24. The average Bonchev–Trinajstić information content (AvgIpc) is 3.01. The molecule has 1 heterocycles. The molecule has 0 saturated heterocycles. The SMILES string of the molecule is COC(=O)C(C)C.COc1cc(F)c([N+]2=C(C)C(C)=[N+](c3c(F)cc(OC)cc3F)C2C)c(F)c1. The summed E-state index contributed by atoms with van der Waals surface area (Å²) in [5, 5.41) is 0. The quantitative estimate of drug-likeness (QED) is 0.317. The maximum atomic E-state index is 14.6. The lowest BCUT2D eigenvalue weighted by atomic mass is 10.2. The van der Waals surface area contributed by atoms with Gasteiger partial charge in [0.25, 0.3) is 22.8 Å². The third-order valence-electron chi connectivity index (χ3n) is 5.60. The monoisotopic (exact) mass is 498 g/mol. The molecule has 0 fully saturated rings. The Morgan fingerprint density at radius 1 is 0.771 bits per heavy atom. The van der Waals surface area contributed by atoms with Gasteiger partial charge in [-0.3, -0.25) is 4.79 Å². The Morgan fingerprint density at radius 3 is 1.29 bits per heavy atom. The van der Waals surface area contributed by atoms with Gasteiger partial charge in [0.15, 0.2) is 0 Å². The van der Waals surface area contributed by atoms with E-state index >= 15 is 0 Å². The average molecular weight is 499 g/mol. The highest BCUT2D eigenvalue weighted by atomic mass is 19.1. The number of ether oxygens (including phenoxy) is 3. The predicted octanol–water partition coefficient (Wildman–Crippen LogP) is 5.35. The summed E-state index contributed by atoms with van der Waals surface area (Å²) < 4.78 is 75.4. The van der Waals surface area contributed by atoms with Crippen molar-refractivity contribution in [2.45, 2.75) is 40.8 Å². The van der Waals surface area contributed by atoms with Gasteiger partial charge in [0.1, 0.15) is 11.5 Å². The molecule has 190 valence electrons. The van der Waals surface area contributed by atoms with Gasteiger partial charge in [-0.2, -0.15) is 17.6 Å². The summed E-state index contributed by atoms with van der Waals surface area (Å²) in [7, 11) is 4.00. The fourth-order valence-corrected chi connectivity index (χ4v) is 3.75. The summed E-state index contributed by atoms with van der Waals surface area (Å²) in [6.07, 6.45) is -0.783. The molecule has 3 rings (SSSR count). The number of esters is 1. The van der Waals surface area contributed by atoms with E-state index in [1.165, 1.54) is 30.5 Å². The molecule has 10 heteroatoms. The molecule has 0 radical (unpaired) electrons. The maximum absolute atomic E-state index is 14.6. The molecule has 0 atom stereocenters. The number of nitrogens with zero attached hydrogens (tertiary/aromatic N) is 2. The van der Waals surface area contributed by atoms with Gasteiger partial charge in [-0.1, -0.05) is 13.8 Å². The second kappa shape index (κ2) is 11.3. The highest BCUT2D eigenvalue weighted by Crippen LogP contribution is 2.35. The Balaban J connectivity index is 0.000000540. The zero-order chi connectivity index (χ0) is 26.6. The number of carbonyl (C=O) groups excluding carboxylic acids is 1. The van der Waals surface area contributed by atoms with Crippen molar-refractivity contribution < 1.29 is 45.7 Å². The molecule has 1 aliphatic rings. The minimum absolute atomic E-state index is 0.00463. The Hall–Kier alpha value is -3.43. The van der Waals surface area contributed by atoms with Crippen LogP contribution in [0, 0.1) is 29.2 Å². The molecular weight excluding hydrogens is 468 g/mol. The van der Waals surface area contributed by atoms with Crippen LogP contribution in [0.1, 0.15) is 34.6 Å². The van der Waals surface area contributed by atoms with Crippen molar-refractivity contribution in [3.8, 4) is 11.5 Å². The van der Waals surface area contributed by atoms with Crippen molar-refractivity contribution >= 4 is 28.8 Å². The number of carbonyl (C=O) groups is 1. The van der Waals surface area contributed by atoms with Crippen LogP contribution in [0.2, 0.25) is 0 Å². The normalized spacial score (nSPS) is 13.7. The lowest BCUT2D eigenvalue weighted by Gasteiger charge is -2.10. The fourth-order valence-electron chi connectivity index (χ4n) is 3.75. The molecule has 1 aliphatic heterocycles. The van der Waals surface area contributed by atoms with Crippen molar-refractivity contribution in [1.29, 1.82) is 0 Å². The first kappa shape index (κ1) is 27.8. The summed E-state index contributed by atoms with van der Waals surface area (Å²) in [4.78, 5) is 10.3. The van der Waals surface area contributed by atoms with Gasteiger partial charge >= 0.3 is 12.1 Å². The Bertz CT molecular complexity index is 1060. The van der Waals surface area contributed by atoms with Crippen LogP contribution >= 0.6 is 0 Å². The number of benzene rings is 2. The topological polar surface area (TPSA) is 50.8 Å². The fraction of sp³-hybridized carbons (Fsp3) is 0.400. The molecule has 0 saturated carbocycles. The van der Waals surface area contributed by atoms with Crippen molar-refractivity contribution in [1.82, 2.24) is 0 Å². The van der Waals surface area contributed by atoms with E-state index in [0.29, 0.717) is 11.4 Å². The molecule has 0 unspecified atom stereocenters. The van der Waals surface area contributed by atoms with E-state index in [4.69, 9.17) is 9.47 Å². The van der Waals surface area contributed by atoms with E-state index in [1.807, 2.05) is 0 Å². The molecule has 2 aromatic carbocycles. The van der Waals surface area contributed by atoms with Crippen LogP contribution in [-0.2, 0) is 9.53 Å². The first-order valence-corrected chi connectivity index (χ1v) is 10.8. The minimum atomic E-state index is -0.839. The smallest absolute Gasteiger partial charge is 0.351 e. The zero-order valence-corrected chi connectivity index (χ0v) is 21.0. The first-order chi connectivity index (χ1) is 16.4. The molecule has 0 spiro atoms. The summed E-state index contributed by atoms with van der Waals surface area (Å²) in [6.45, 7) is 8.46. The molecule has 2 aromatic rings. The minimum Gasteiger partial charge on any atom is -0.497 e. The van der Waals surface area contributed by atoms with Crippen LogP contribution in [0.15, 0.2) is 24.3 Å². The summed E-state index contributed by atoms with van der Waals surface area (Å²) in [5.41, 5.74) is 0.291. The third kappa shape index (κ3) is 5.63. The van der Waals surface area contributed by atoms with E-state index in [0.717, 1.165) is 24.3 Å². The van der Waals surface area contributed by atoms with Gasteiger partial charge in [-0.15, -0.1) is 9.15 Å². The standard InChI is InChI=1S/C20H20F4N2O2.C5H10O2/c1-10-11(2)26(20-17(23)8-14(28-5)9-18(20)24)12(3)25(10)19-15(21)6-13(27-4)7-16(19)22;1-4(2)5(6)7-3/h6-9,12H,1-5H3;4H,1-3H3/q+2;. The zero-order valence-electron chi connectivity index (χ0n) is 21.0. The van der Waals surface area contributed by atoms with E-state index in [9.17, 15) is 22.4 Å². The van der Waals surface area contributed by atoms with Crippen LogP contribution in [0.5, 0.6) is 11.5 Å². The Kier molecular flexibility index (Phi) is 9.00. The van der Waals surface area contributed by atoms with E-state index in [-0.39, 0.29) is 34.8 Å². The lowest BCUT2D eigenvalue weighted by molar-refractivity contribution is -0.690. The van der Waals surface area contributed by atoms with Gasteiger partial charge in [0, 0.05) is 38.1 Å². The number of methoxy groups -OCH3 is 3. The molecule has 0 N–H and O–H groups in total. The van der Waals surface area contributed by atoms with Gasteiger partial charge < -0.3 is 14.2 Å². The molecule has 0 aliphatic carbocycles. The van der Waals surface area contributed by atoms with Crippen LogP contribution < -0.4 is 9.47 Å². The van der Waals surface area contributed by atoms with Crippen molar-refractivity contribution in [3.63, 3.8) is 0 Å². The van der Waals surface area contributed by atoms with E-state index < -0.39 is 29.4 Å². The van der Waals surface area contributed by atoms with Gasteiger partial charge in [-0.05, 0) is 0 Å². The van der Waals surface area contributed by atoms with Crippen LogP contribution in [0.25, 0.3) is 0 Å². The van der Waals surface area contributed by atoms with E-state index in [1.54, 1.807) is 34.6 Å². The second-order valence-corrected chi connectivity index (χ2v) is 8.10. The van der Waals surface area contributed by atoms with Gasteiger partial charge in [0.05, 0.1) is 34.2 Å². The number of hydrogen-bond acceptors (Lipinski definition) is 4. The lowest BCUT2D eigenvalue weighted by Crippen LogP contribution is -2.27. The predicted molar refractivity (Wildman–Crippen MR) is 123 cm³/mol. The van der Waals surface area contributed by atoms with Crippen molar-refractivity contribution in [2.24, 2.45) is 5.92 Å². The first-order valence-electron chi connectivity index (χ1n) is 10.8. The number of rotatable bonds is 5. The van der Waals surface area contributed by atoms with Crippen molar-refractivity contribution in [3.05, 3.63) is 47.5 Å². The Morgan fingerprint density at radius 2 is 1.09 bits per heavy atom. The molecule has 0 bridgehead atoms. The molecule has 0 amide bonds. The highest BCUT2D eigenvalue weighted by Gasteiger charge is 2.47. The molecular formula is C25H30F4N2O4+2. The maximum Gasteiger partial charge on any atom is 0.351 e. The van der Waals surface area contributed by atoms with Gasteiger partial charge in [0.2, 0.25) is 23.3 Å². The number of hydrogen-bond donors (Lipinski definition) is 0. The number of halogens is 4. The summed E-state index contributed by atoms with van der Waals surface area (Å²) in [5.74, 6) is -3.44. The molecule has 6 nitrogen and oxygen atoms in total. The largest absolute Gasteiger partial charge is 0.497 e. The van der Waals surface area contributed by atoms with Crippen molar-refractivity contribution in [2.75, 3.05) is 21.3 Å². The van der Waals surface area contributed by atoms with Crippen LogP contribution in [-0.4, -0.2) is 54.0 Å². The summed E-state index contributed by atoms with van der Waals surface area (Å²) >= 11 is 0. The highest BCUT2D eigenvalue weighted by molar-refractivity contribution is 6.37. The molecule has 35 heavy (non-hydrogen) atoms. The molecule has 0 aromatic heterocycles. The third-order valence-corrected chi connectivity index (χ3v) is 5.60. The second-order valence-electron chi connectivity index (χ2n) is 8.10.